The number of aromatic nitrogens is 2. The number of nitro benzene ring substituents is 1. The van der Waals surface area contributed by atoms with Gasteiger partial charge in [-0.1, -0.05) is 26.0 Å². The van der Waals surface area contributed by atoms with Crippen LogP contribution in [0.4, 0.5) is 5.69 Å². The number of fused-ring (bicyclic) bond motifs is 1. The molecule has 0 aliphatic carbocycles. The predicted octanol–water partition coefficient (Wildman–Crippen LogP) is 5.20. The van der Waals surface area contributed by atoms with Gasteiger partial charge in [0.1, 0.15) is 17.6 Å². The van der Waals surface area contributed by atoms with Gasteiger partial charge in [-0.3, -0.25) is 14.9 Å². The Labute approximate surface area is 218 Å². The van der Waals surface area contributed by atoms with Crippen molar-refractivity contribution in [3.8, 4) is 29.0 Å². The van der Waals surface area contributed by atoms with Crippen LogP contribution in [0.2, 0.25) is 0 Å². The molecule has 0 saturated heterocycles. The Morgan fingerprint density at radius 2 is 1.95 bits per heavy atom. The van der Waals surface area contributed by atoms with Crippen LogP contribution in [-0.4, -0.2) is 34.5 Å². The molecular weight excluding hydrogens is 486 g/mol. The number of non-ortho nitro benzene ring substituents is 1. The summed E-state index contributed by atoms with van der Waals surface area (Å²) in [5.41, 5.74) is 2.60. The Balaban J connectivity index is 1.98. The fourth-order valence-corrected chi connectivity index (χ4v) is 4.08. The second-order valence-electron chi connectivity index (χ2n) is 8.80. The van der Waals surface area contributed by atoms with Crippen molar-refractivity contribution in [1.29, 1.82) is 5.26 Å². The number of benzene rings is 3. The third-order valence-electron chi connectivity index (χ3n) is 6.00. The maximum Gasteiger partial charge on any atom is 0.282 e. The zero-order valence-electron chi connectivity index (χ0n) is 21.3. The molecule has 192 valence electrons. The van der Waals surface area contributed by atoms with Crippen LogP contribution in [0.5, 0.6) is 11.5 Å². The van der Waals surface area contributed by atoms with Crippen molar-refractivity contribution in [2.45, 2.75) is 26.7 Å². The van der Waals surface area contributed by atoms with E-state index in [1.54, 1.807) is 31.4 Å². The molecule has 0 unspecified atom stereocenters. The Kier molecular flexibility index (Phi) is 7.48. The topological polar surface area (TPSA) is 133 Å². The van der Waals surface area contributed by atoms with Crippen molar-refractivity contribution in [3.05, 3.63) is 91.8 Å². The van der Waals surface area contributed by atoms with Gasteiger partial charge in [-0.25, -0.2) is 4.98 Å². The van der Waals surface area contributed by atoms with E-state index in [-0.39, 0.29) is 29.5 Å². The van der Waals surface area contributed by atoms with Crippen LogP contribution in [0.25, 0.3) is 22.3 Å². The zero-order chi connectivity index (χ0) is 27.4. The van der Waals surface area contributed by atoms with Crippen LogP contribution >= 0.6 is 0 Å². The first-order valence-corrected chi connectivity index (χ1v) is 11.8. The average molecular weight is 512 g/mol. The molecule has 10 nitrogen and oxygen atoms in total. The Hall–Kier alpha value is -5.04. The number of nitriles is 1. The van der Waals surface area contributed by atoms with E-state index in [0.717, 1.165) is 16.9 Å². The van der Waals surface area contributed by atoms with Crippen molar-refractivity contribution in [1.82, 2.24) is 9.66 Å². The normalized spacial score (nSPS) is 11.2. The van der Waals surface area contributed by atoms with Gasteiger partial charge in [-0.05, 0) is 54.3 Å². The quantitative estimate of drug-likeness (QED) is 0.180. The second kappa shape index (κ2) is 10.9. The van der Waals surface area contributed by atoms with Gasteiger partial charge in [-0.2, -0.15) is 15.0 Å². The standard InChI is InChI=1S/C28H25N5O5/c1-17(2)22-15-23(18(3)13-26(22)37-4)27-31-24-8-6-5-7-21(24)28(34)32(27)30-16-19-14-20(33(35)36)9-10-25(19)38-12-11-29/h5-10,13-17H,12H2,1-4H3. The first-order valence-electron chi connectivity index (χ1n) is 11.8. The Morgan fingerprint density at radius 1 is 1.18 bits per heavy atom. The molecule has 3 aromatic carbocycles. The van der Waals surface area contributed by atoms with Crippen LogP contribution < -0.4 is 15.0 Å². The highest BCUT2D eigenvalue weighted by Gasteiger charge is 2.19. The number of rotatable bonds is 8. The molecule has 0 spiro atoms. The zero-order valence-corrected chi connectivity index (χ0v) is 21.3. The van der Waals surface area contributed by atoms with E-state index in [2.05, 4.69) is 5.10 Å². The third-order valence-corrected chi connectivity index (χ3v) is 6.00. The fourth-order valence-electron chi connectivity index (χ4n) is 4.08. The van der Waals surface area contributed by atoms with Crippen LogP contribution in [0.15, 0.2) is 64.5 Å². The van der Waals surface area contributed by atoms with Gasteiger partial charge in [0.05, 0.1) is 29.2 Å². The van der Waals surface area contributed by atoms with Crippen molar-refractivity contribution in [2.24, 2.45) is 5.10 Å². The average Bonchev–Trinajstić information content (AvgIpc) is 2.91. The fraction of sp³-hybridized carbons (Fsp3) is 0.214. The molecule has 10 heteroatoms. The molecule has 0 radical (unpaired) electrons. The van der Waals surface area contributed by atoms with Gasteiger partial charge >= 0.3 is 0 Å². The summed E-state index contributed by atoms with van der Waals surface area (Å²) < 4.78 is 12.2. The summed E-state index contributed by atoms with van der Waals surface area (Å²) in [6.45, 7) is 5.72. The summed E-state index contributed by atoms with van der Waals surface area (Å²) in [7, 11) is 1.61. The van der Waals surface area contributed by atoms with E-state index < -0.39 is 10.5 Å². The lowest BCUT2D eigenvalue weighted by Gasteiger charge is -2.17. The highest BCUT2D eigenvalue weighted by Crippen LogP contribution is 2.34. The molecule has 0 fully saturated rings. The molecular formula is C28H25N5O5. The first-order chi connectivity index (χ1) is 18.2. The highest BCUT2D eigenvalue weighted by atomic mass is 16.6. The van der Waals surface area contributed by atoms with Crippen molar-refractivity contribution in [2.75, 3.05) is 13.7 Å². The molecule has 0 bridgehead atoms. The van der Waals surface area contributed by atoms with Gasteiger partial charge in [0, 0.05) is 23.3 Å². The minimum absolute atomic E-state index is 0.137. The lowest BCUT2D eigenvalue weighted by Crippen LogP contribution is -2.21. The number of nitrogens with zero attached hydrogens (tertiary/aromatic N) is 5. The largest absolute Gasteiger partial charge is 0.496 e. The van der Waals surface area contributed by atoms with Crippen LogP contribution in [0.1, 0.15) is 36.5 Å². The summed E-state index contributed by atoms with van der Waals surface area (Å²) in [5.74, 6) is 1.39. The first kappa shape index (κ1) is 26.0. The van der Waals surface area contributed by atoms with Gasteiger partial charge in [0.2, 0.25) is 0 Å². The van der Waals surface area contributed by atoms with Gasteiger partial charge in [-0.15, -0.1) is 0 Å². The minimum atomic E-state index is -0.547. The summed E-state index contributed by atoms with van der Waals surface area (Å²) in [4.78, 5) is 29.2. The third kappa shape index (κ3) is 5.08. The van der Waals surface area contributed by atoms with Crippen LogP contribution in [0.3, 0.4) is 0 Å². The molecule has 4 aromatic rings. The molecule has 0 atom stereocenters. The second-order valence-corrected chi connectivity index (χ2v) is 8.80. The Bertz CT molecular complexity index is 1670. The number of hydrogen-bond donors (Lipinski definition) is 0. The minimum Gasteiger partial charge on any atom is -0.496 e. The molecule has 1 aromatic heterocycles. The molecule has 0 aliphatic rings. The number of para-hydroxylation sites is 1. The lowest BCUT2D eigenvalue weighted by molar-refractivity contribution is -0.384. The van der Waals surface area contributed by atoms with Gasteiger partial charge < -0.3 is 9.47 Å². The maximum atomic E-state index is 13.6. The summed E-state index contributed by atoms with van der Waals surface area (Å²) in [6, 6.07) is 16.6. The smallest absolute Gasteiger partial charge is 0.282 e. The van der Waals surface area contributed by atoms with Gasteiger partial charge in [0.25, 0.3) is 11.2 Å². The van der Waals surface area contributed by atoms with E-state index in [1.807, 2.05) is 39.0 Å². The van der Waals surface area contributed by atoms with E-state index in [4.69, 9.17) is 19.7 Å². The number of hydrogen-bond acceptors (Lipinski definition) is 8. The SMILES string of the molecule is COc1cc(C)c(-c2nc3ccccc3c(=O)n2N=Cc2cc([N+](=O)[O-])ccc2OCC#N)cc1C(C)C. The molecule has 0 amide bonds. The molecule has 0 saturated carbocycles. The summed E-state index contributed by atoms with van der Waals surface area (Å²) in [6.07, 6.45) is 1.29. The number of ether oxygens (including phenoxy) is 2. The number of aryl methyl sites for hydroxylation is 1. The van der Waals surface area contributed by atoms with E-state index in [1.165, 1.54) is 29.1 Å². The molecule has 4 rings (SSSR count). The van der Waals surface area contributed by atoms with Gasteiger partial charge in [0.15, 0.2) is 12.4 Å². The number of nitro groups is 1. The van der Waals surface area contributed by atoms with E-state index in [0.29, 0.717) is 22.3 Å². The van der Waals surface area contributed by atoms with E-state index >= 15 is 0 Å². The summed E-state index contributed by atoms with van der Waals surface area (Å²) in [5, 5.41) is 25.1. The lowest BCUT2D eigenvalue weighted by atomic mass is 9.96. The highest BCUT2D eigenvalue weighted by molar-refractivity contribution is 5.85. The van der Waals surface area contributed by atoms with Crippen LogP contribution in [0, 0.1) is 28.4 Å². The van der Waals surface area contributed by atoms with Crippen LogP contribution in [-0.2, 0) is 0 Å². The number of methoxy groups -OCH3 is 1. The molecule has 38 heavy (non-hydrogen) atoms. The Morgan fingerprint density at radius 3 is 2.63 bits per heavy atom. The predicted molar refractivity (Wildman–Crippen MR) is 144 cm³/mol. The monoisotopic (exact) mass is 511 g/mol. The van der Waals surface area contributed by atoms with Crippen molar-refractivity contribution < 1.29 is 14.4 Å². The van der Waals surface area contributed by atoms with Crippen molar-refractivity contribution in [3.63, 3.8) is 0 Å². The molecule has 0 N–H and O–H groups in total. The molecule has 1 heterocycles. The summed E-state index contributed by atoms with van der Waals surface area (Å²) >= 11 is 0. The van der Waals surface area contributed by atoms with E-state index in [9.17, 15) is 14.9 Å². The molecule has 0 aliphatic heterocycles. The van der Waals surface area contributed by atoms with Crippen molar-refractivity contribution >= 4 is 22.8 Å². The maximum absolute atomic E-state index is 13.6.